The van der Waals surface area contributed by atoms with Crippen molar-refractivity contribution in [3.05, 3.63) is 5.69 Å². The Labute approximate surface area is 189 Å². The fraction of sp³-hybridized carbons (Fsp3) is 0.714. The third-order valence-corrected chi connectivity index (χ3v) is 8.08. The second-order valence-electron chi connectivity index (χ2n) is 8.89. The van der Waals surface area contributed by atoms with Crippen molar-refractivity contribution in [2.45, 2.75) is 49.6 Å². The van der Waals surface area contributed by atoms with Crippen LogP contribution in [0.25, 0.3) is 0 Å². The molecule has 10 nitrogen and oxygen atoms in total. The van der Waals surface area contributed by atoms with Gasteiger partial charge in [-0.3, -0.25) is 13.8 Å². The molecule has 11 heteroatoms. The zero-order chi connectivity index (χ0) is 22.2. The van der Waals surface area contributed by atoms with Crippen LogP contribution in [0.2, 0.25) is 0 Å². The van der Waals surface area contributed by atoms with Crippen molar-refractivity contribution in [3.8, 4) is 0 Å². The zero-order valence-electron chi connectivity index (χ0n) is 18.2. The number of rotatable bonds is 5. The molecule has 1 aromatic rings. The third kappa shape index (κ3) is 4.32. The van der Waals surface area contributed by atoms with Gasteiger partial charge in [0, 0.05) is 51.4 Å². The molecule has 3 fully saturated rings. The molecule has 4 aliphatic rings. The molecule has 2 atom stereocenters. The number of anilines is 2. The number of carbonyl (C=O) groups is 2. The lowest BCUT2D eigenvalue weighted by atomic mass is 10.0. The van der Waals surface area contributed by atoms with Gasteiger partial charge in [0.2, 0.25) is 11.9 Å². The van der Waals surface area contributed by atoms with Gasteiger partial charge >= 0.3 is 5.97 Å². The van der Waals surface area contributed by atoms with Crippen molar-refractivity contribution >= 4 is 34.4 Å². The van der Waals surface area contributed by atoms with E-state index in [-0.39, 0.29) is 29.9 Å². The number of nitrogens with one attached hydrogen (secondary N) is 1. The molecule has 0 unspecified atom stereocenters. The Balaban J connectivity index is 1.24. The average molecular weight is 464 g/mol. The summed E-state index contributed by atoms with van der Waals surface area (Å²) < 4.78 is 23.5. The molecule has 32 heavy (non-hydrogen) atoms. The van der Waals surface area contributed by atoms with Crippen LogP contribution in [0.4, 0.5) is 11.8 Å². The molecular formula is C21H29N5O5S. The fourth-order valence-corrected chi connectivity index (χ4v) is 5.96. The predicted octanol–water partition coefficient (Wildman–Crippen LogP) is 0.331. The van der Waals surface area contributed by atoms with Crippen molar-refractivity contribution in [1.29, 1.82) is 0 Å². The topological polar surface area (TPSA) is 114 Å². The minimum absolute atomic E-state index is 0.0633. The maximum atomic E-state index is 12.6. The van der Waals surface area contributed by atoms with Gasteiger partial charge in [-0.2, -0.15) is 4.98 Å². The Morgan fingerprint density at radius 2 is 1.94 bits per heavy atom. The lowest BCUT2D eigenvalue weighted by molar-refractivity contribution is -0.158. The first-order chi connectivity index (χ1) is 15.5. The van der Waals surface area contributed by atoms with E-state index in [9.17, 15) is 13.8 Å². The lowest BCUT2D eigenvalue weighted by Gasteiger charge is -2.39. The Hall–Kier alpha value is -2.27. The largest absolute Gasteiger partial charge is 0.458 e. The van der Waals surface area contributed by atoms with E-state index in [4.69, 9.17) is 14.5 Å². The third-order valence-electron chi connectivity index (χ3n) is 6.62. The van der Waals surface area contributed by atoms with Gasteiger partial charge in [-0.25, -0.2) is 4.98 Å². The summed E-state index contributed by atoms with van der Waals surface area (Å²) in [5.74, 6) is 1.59. The monoisotopic (exact) mass is 463 g/mol. The molecule has 1 N–H and O–H groups in total. The summed E-state index contributed by atoms with van der Waals surface area (Å²) in [6, 6.07) is 0.0768. The predicted molar refractivity (Wildman–Crippen MR) is 117 cm³/mol. The number of esters is 1. The van der Waals surface area contributed by atoms with Crippen LogP contribution in [0.3, 0.4) is 0 Å². The number of aryl methyl sites for hydroxylation is 1. The molecule has 5 rings (SSSR count). The molecule has 1 amide bonds. The van der Waals surface area contributed by atoms with E-state index in [1.54, 1.807) is 6.92 Å². The van der Waals surface area contributed by atoms with Crippen LogP contribution in [-0.4, -0.2) is 88.2 Å². The number of likely N-dealkylation sites (tertiary alicyclic amines) is 1. The molecule has 3 saturated heterocycles. The van der Waals surface area contributed by atoms with Gasteiger partial charge in [0.25, 0.3) is 0 Å². The van der Waals surface area contributed by atoms with E-state index in [1.165, 1.54) is 0 Å². The molecule has 0 bridgehead atoms. The summed E-state index contributed by atoms with van der Waals surface area (Å²) in [5.41, 5.74) is 0.819. The number of aromatic nitrogens is 2. The van der Waals surface area contributed by atoms with Crippen LogP contribution in [0, 0.1) is 5.92 Å². The number of nitrogens with zero attached hydrogens (tertiary/aromatic N) is 4. The first-order valence-electron chi connectivity index (χ1n) is 11.3. The SMILES string of the molecule is CC(=O)N1CC[C@@H](Nc2nc(N3CC(OC(=O)C4CCOCC4)C3)nc3c2[S@](=O)CC3)C1. The number of ether oxygens (including phenoxy) is 2. The summed E-state index contributed by atoms with van der Waals surface area (Å²) in [5, 5.41) is 3.42. The van der Waals surface area contributed by atoms with Crippen molar-refractivity contribution in [1.82, 2.24) is 14.9 Å². The summed E-state index contributed by atoms with van der Waals surface area (Å²) in [7, 11) is -1.12. The van der Waals surface area contributed by atoms with E-state index in [2.05, 4.69) is 10.3 Å². The number of amides is 1. The van der Waals surface area contributed by atoms with Crippen molar-refractivity contribution < 1.29 is 23.3 Å². The normalized spacial score (nSPS) is 26.0. The molecule has 0 spiro atoms. The molecular weight excluding hydrogens is 434 g/mol. The van der Waals surface area contributed by atoms with Gasteiger partial charge in [0.1, 0.15) is 16.8 Å². The lowest BCUT2D eigenvalue weighted by Crippen LogP contribution is -2.54. The van der Waals surface area contributed by atoms with Crippen LogP contribution in [-0.2, 0) is 36.3 Å². The molecule has 0 aliphatic carbocycles. The van der Waals surface area contributed by atoms with Crippen LogP contribution < -0.4 is 10.2 Å². The Kier molecular flexibility index (Phi) is 6.02. The highest BCUT2D eigenvalue weighted by molar-refractivity contribution is 7.85. The van der Waals surface area contributed by atoms with Crippen LogP contribution >= 0.6 is 0 Å². The number of hydrogen-bond acceptors (Lipinski definition) is 9. The van der Waals surface area contributed by atoms with E-state index < -0.39 is 10.8 Å². The van der Waals surface area contributed by atoms with Gasteiger partial charge in [-0.1, -0.05) is 0 Å². The number of fused-ring (bicyclic) bond motifs is 1. The van der Waals surface area contributed by atoms with Crippen LogP contribution in [0.5, 0.6) is 0 Å². The fourth-order valence-electron chi connectivity index (χ4n) is 4.65. The number of carbonyl (C=O) groups excluding carboxylic acids is 2. The van der Waals surface area contributed by atoms with E-state index >= 15 is 0 Å². The molecule has 174 valence electrons. The van der Waals surface area contributed by atoms with Gasteiger partial charge in [-0.15, -0.1) is 0 Å². The quantitative estimate of drug-likeness (QED) is 0.617. The zero-order valence-corrected chi connectivity index (χ0v) is 19.1. The minimum atomic E-state index is -1.12. The van der Waals surface area contributed by atoms with Gasteiger partial charge in [0.05, 0.1) is 35.5 Å². The molecule has 0 saturated carbocycles. The average Bonchev–Trinajstić information content (AvgIpc) is 3.38. The molecule has 0 radical (unpaired) electrons. The highest BCUT2D eigenvalue weighted by atomic mass is 32.2. The summed E-state index contributed by atoms with van der Waals surface area (Å²) in [6.45, 7) is 5.24. The maximum absolute atomic E-state index is 12.6. The Morgan fingerprint density at radius 3 is 2.66 bits per heavy atom. The first kappa shape index (κ1) is 21.6. The smallest absolute Gasteiger partial charge is 0.309 e. The van der Waals surface area contributed by atoms with Crippen molar-refractivity contribution in [2.75, 3.05) is 55.4 Å². The van der Waals surface area contributed by atoms with Crippen molar-refractivity contribution in [2.24, 2.45) is 5.92 Å². The van der Waals surface area contributed by atoms with E-state index in [0.29, 0.717) is 68.2 Å². The first-order valence-corrected chi connectivity index (χ1v) is 12.6. The van der Waals surface area contributed by atoms with Gasteiger partial charge < -0.3 is 24.6 Å². The highest BCUT2D eigenvalue weighted by Gasteiger charge is 2.36. The standard InChI is InChI=1S/C21H29N5O5S/c1-13(27)25-6-2-15(10-25)22-19-18-17(5-9-32(18)29)23-21(24-19)26-11-16(12-26)31-20(28)14-3-7-30-8-4-14/h14-16H,2-12H2,1H3,(H,22,23,24)/t15-,32-/m1/s1. The van der Waals surface area contributed by atoms with Gasteiger partial charge in [-0.05, 0) is 19.3 Å². The van der Waals surface area contributed by atoms with E-state index in [1.807, 2.05) is 9.80 Å². The Bertz CT molecular complexity index is 931. The summed E-state index contributed by atoms with van der Waals surface area (Å²) in [6.07, 6.45) is 2.77. The summed E-state index contributed by atoms with van der Waals surface area (Å²) >= 11 is 0. The van der Waals surface area contributed by atoms with E-state index in [0.717, 1.165) is 25.0 Å². The highest BCUT2D eigenvalue weighted by Crippen LogP contribution is 2.32. The molecule has 0 aromatic carbocycles. The molecule has 5 heterocycles. The summed E-state index contributed by atoms with van der Waals surface area (Å²) in [4.78, 5) is 37.9. The molecule has 4 aliphatic heterocycles. The van der Waals surface area contributed by atoms with Crippen LogP contribution in [0.15, 0.2) is 4.90 Å². The number of hydrogen-bond donors (Lipinski definition) is 1. The maximum Gasteiger partial charge on any atom is 0.309 e. The van der Waals surface area contributed by atoms with Gasteiger partial charge in [0.15, 0.2) is 0 Å². The second-order valence-corrected chi connectivity index (χ2v) is 10.4. The second kappa shape index (κ2) is 8.93. The minimum Gasteiger partial charge on any atom is -0.458 e. The molecule has 1 aromatic heterocycles. The Morgan fingerprint density at radius 1 is 1.16 bits per heavy atom. The van der Waals surface area contributed by atoms with Crippen LogP contribution in [0.1, 0.15) is 31.9 Å². The van der Waals surface area contributed by atoms with Crippen molar-refractivity contribution in [3.63, 3.8) is 0 Å².